The number of nitrogens with zero attached hydrogens (tertiary/aromatic N) is 2. The van der Waals surface area contributed by atoms with Crippen molar-refractivity contribution in [3.63, 3.8) is 0 Å². The van der Waals surface area contributed by atoms with Gasteiger partial charge in [0.05, 0.1) is 6.10 Å². The molecule has 2 amide bonds. The third kappa shape index (κ3) is 3.70. The molecule has 1 N–H and O–H groups in total. The van der Waals surface area contributed by atoms with E-state index in [9.17, 15) is 4.79 Å². The van der Waals surface area contributed by atoms with E-state index in [4.69, 9.17) is 4.74 Å². The summed E-state index contributed by atoms with van der Waals surface area (Å²) in [5.41, 5.74) is 0. The van der Waals surface area contributed by atoms with Crippen LogP contribution in [0.5, 0.6) is 0 Å². The SMILES string of the molecule is CCc1cnc(NC(=O)N(C)C2CCC(OC)CC2)s1. The largest absolute Gasteiger partial charge is 0.381 e. The van der Waals surface area contributed by atoms with Crippen molar-refractivity contribution < 1.29 is 9.53 Å². The van der Waals surface area contributed by atoms with Gasteiger partial charge < -0.3 is 9.64 Å². The van der Waals surface area contributed by atoms with Gasteiger partial charge in [-0.15, -0.1) is 11.3 Å². The number of ether oxygens (including phenoxy) is 1. The average Bonchev–Trinajstić information content (AvgIpc) is 2.94. The molecule has 0 unspecified atom stereocenters. The zero-order valence-electron chi connectivity index (χ0n) is 12.4. The van der Waals surface area contributed by atoms with Gasteiger partial charge >= 0.3 is 6.03 Å². The predicted octanol–water partition coefficient (Wildman–Crippen LogP) is 3.13. The molecule has 1 aromatic heterocycles. The summed E-state index contributed by atoms with van der Waals surface area (Å²) in [6, 6.07) is 0.231. The van der Waals surface area contributed by atoms with Gasteiger partial charge in [0.25, 0.3) is 0 Å². The number of anilines is 1. The topological polar surface area (TPSA) is 54.5 Å². The van der Waals surface area contributed by atoms with E-state index in [1.54, 1.807) is 12.0 Å². The Morgan fingerprint density at radius 1 is 1.50 bits per heavy atom. The molecule has 0 saturated heterocycles. The van der Waals surface area contributed by atoms with Gasteiger partial charge in [-0.2, -0.15) is 0 Å². The molecular formula is C14H23N3O2S. The lowest BCUT2D eigenvalue weighted by molar-refractivity contribution is 0.0507. The maximum Gasteiger partial charge on any atom is 0.323 e. The van der Waals surface area contributed by atoms with E-state index in [1.807, 2.05) is 13.2 Å². The summed E-state index contributed by atoms with van der Waals surface area (Å²) in [5, 5.41) is 3.57. The zero-order valence-corrected chi connectivity index (χ0v) is 13.2. The number of aryl methyl sites for hydroxylation is 1. The number of hydrogen-bond acceptors (Lipinski definition) is 4. The molecule has 0 aromatic carbocycles. The number of rotatable bonds is 4. The van der Waals surface area contributed by atoms with Crippen LogP contribution in [-0.2, 0) is 11.2 Å². The molecule has 1 heterocycles. The predicted molar refractivity (Wildman–Crippen MR) is 81.3 cm³/mol. The second-order valence-electron chi connectivity index (χ2n) is 5.19. The quantitative estimate of drug-likeness (QED) is 0.929. The first-order valence-corrected chi connectivity index (χ1v) is 7.97. The van der Waals surface area contributed by atoms with Crippen molar-refractivity contribution in [2.24, 2.45) is 0 Å². The number of carbonyl (C=O) groups excluding carboxylic acids is 1. The van der Waals surface area contributed by atoms with Crippen LogP contribution in [0.4, 0.5) is 9.93 Å². The summed E-state index contributed by atoms with van der Waals surface area (Å²) in [6.07, 6.45) is 7.18. The molecule has 6 heteroatoms. The van der Waals surface area contributed by atoms with Gasteiger partial charge in [-0.1, -0.05) is 6.92 Å². The number of nitrogens with one attached hydrogen (secondary N) is 1. The molecule has 1 aliphatic rings. The molecule has 0 atom stereocenters. The highest BCUT2D eigenvalue weighted by molar-refractivity contribution is 7.15. The number of thiazole rings is 1. The third-order valence-corrected chi connectivity index (χ3v) is 5.02. The maximum atomic E-state index is 12.2. The first kappa shape index (κ1) is 15.3. The molecule has 0 aliphatic heterocycles. The highest BCUT2D eigenvalue weighted by atomic mass is 32.1. The Labute approximate surface area is 124 Å². The summed E-state index contributed by atoms with van der Waals surface area (Å²) >= 11 is 1.54. The lowest BCUT2D eigenvalue weighted by atomic mass is 9.92. The summed E-state index contributed by atoms with van der Waals surface area (Å²) in [6.45, 7) is 2.08. The highest BCUT2D eigenvalue weighted by Crippen LogP contribution is 2.25. The first-order chi connectivity index (χ1) is 9.63. The van der Waals surface area contributed by atoms with Crippen molar-refractivity contribution in [2.45, 2.75) is 51.2 Å². The Morgan fingerprint density at radius 3 is 2.75 bits per heavy atom. The Balaban J connectivity index is 1.85. The monoisotopic (exact) mass is 297 g/mol. The number of urea groups is 1. The minimum absolute atomic E-state index is 0.0668. The fourth-order valence-electron chi connectivity index (χ4n) is 2.54. The summed E-state index contributed by atoms with van der Waals surface area (Å²) in [5.74, 6) is 0. The summed E-state index contributed by atoms with van der Waals surface area (Å²) < 4.78 is 5.36. The molecule has 1 saturated carbocycles. The lowest BCUT2D eigenvalue weighted by Gasteiger charge is -2.33. The van der Waals surface area contributed by atoms with Crippen molar-refractivity contribution >= 4 is 22.5 Å². The minimum Gasteiger partial charge on any atom is -0.381 e. The van der Waals surface area contributed by atoms with Crippen LogP contribution in [0.15, 0.2) is 6.20 Å². The van der Waals surface area contributed by atoms with Crippen molar-refractivity contribution in [3.8, 4) is 0 Å². The number of aromatic nitrogens is 1. The van der Waals surface area contributed by atoms with Crippen LogP contribution in [-0.4, -0.2) is 42.2 Å². The molecule has 1 aromatic rings. The van der Waals surface area contributed by atoms with Crippen molar-refractivity contribution in [3.05, 3.63) is 11.1 Å². The van der Waals surface area contributed by atoms with E-state index in [0.717, 1.165) is 32.1 Å². The van der Waals surface area contributed by atoms with Crippen LogP contribution >= 0.6 is 11.3 Å². The van der Waals surface area contributed by atoms with Crippen LogP contribution in [0.2, 0.25) is 0 Å². The number of carbonyl (C=O) groups is 1. The fourth-order valence-corrected chi connectivity index (χ4v) is 3.28. The van der Waals surface area contributed by atoms with Crippen molar-refractivity contribution in [1.29, 1.82) is 0 Å². The number of amides is 2. The van der Waals surface area contributed by atoms with Gasteiger partial charge in [-0.05, 0) is 32.1 Å². The Bertz CT molecular complexity index is 441. The van der Waals surface area contributed by atoms with Crippen LogP contribution < -0.4 is 5.32 Å². The Hall–Kier alpha value is -1.14. The summed E-state index contributed by atoms with van der Waals surface area (Å²) in [7, 11) is 3.62. The second-order valence-corrected chi connectivity index (χ2v) is 6.31. The Kier molecular flexibility index (Phi) is 5.37. The van der Waals surface area contributed by atoms with E-state index >= 15 is 0 Å². The molecule has 112 valence electrons. The Morgan fingerprint density at radius 2 is 2.20 bits per heavy atom. The van der Waals surface area contributed by atoms with Crippen molar-refractivity contribution in [1.82, 2.24) is 9.88 Å². The zero-order chi connectivity index (χ0) is 14.5. The van der Waals surface area contributed by atoms with Crippen LogP contribution in [0.25, 0.3) is 0 Å². The number of methoxy groups -OCH3 is 1. The van der Waals surface area contributed by atoms with Crippen LogP contribution in [0.3, 0.4) is 0 Å². The molecular weight excluding hydrogens is 274 g/mol. The van der Waals surface area contributed by atoms with E-state index in [0.29, 0.717) is 17.3 Å². The number of hydrogen-bond donors (Lipinski definition) is 1. The molecule has 1 aliphatic carbocycles. The van der Waals surface area contributed by atoms with E-state index < -0.39 is 0 Å². The first-order valence-electron chi connectivity index (χ1n) is 7.15. The molecule has 20 heavy (non-hydrogen) atoms. The molecule has 2 rings (SSSR count). The average molecular weight is 297 g/mol. The molecule has 0 radical (unpaired) electrons. The van der Waals surface area contributed by atoms with Gasteiger partial charge in [0.1, 0.15) is 0 Å². The molecule has 1 fully saturated rings. The lowest BCUT2D eigenvalue weighted by Crippen LogP contribution is -2.42. The molecule has 5 nitrogen and oxygen atoms in total. The van der Waals surface area contributed by atoms with E-state index in [1.165, 1.54) is 16.2 Å². The second kappa shape index (κ2) is 7.04. The fraction of sp³-hybridized carbons (Fsp3) is 0.714. The van der Waals surface area contributed by atoms with Gasteiger partial charge in [0, 0.05) is 31.3 Å². The van der Waals surface area contributed by atoms with Gasteiger partial charge in [0.15, 0.2) is 5.13 Å². The van der Waals surface area contributed by atoms with Gasteiger partial charge in [0.2, 0.25) is 0 Å². The maximum absolute atomic E-state index is 12.2. The minimum atomic E-state index is -0.0668. The van der Waals surface area contributed by atoms with Crippen LogP contribution in [0, 0.1) is 0 Å². The van der Waals surface area contributed by atoms with E-state index in [2.05, 4.69) is 17.2 Å². The molecule has 0 bridgehead atoms. The van der Waals surface area contributed by atoms with E-state index in [-0.39, 0.29) is 6.03 Å². The van der Waals surface area contributed by atoms with Gasteiger partial charge in [-0.25, -0.2) is 9.78 Å². The van der Waals surface area contributed by atoms with Crippen LogP contribution in [0.1, 0.15) is 37.5 Å². The summed E-state index contributed by atoms with van der Waals surface area (Å²) in [4.78, 5) is 19.4. The third-order valence-electron chi connectivity index (χ3n) is 3.96. The standard InChI is InChI=1S/C14H23N3O2S/c1-4-12-9-15-13(20-12)16-14(18)17(2)10-5-7-11(19-3)8-6-10/h9-11H,4-8H2,1-3H3,(H,15,16,18). The molecule has 0 spiro atoms. The smallest absolute Gasteiger partial charge is 0.323 e. The van der Waals surface area contributed by atoms with Gasteiger partial charge in [-0.3, -0.25) is 5.32 Å². The van der Waals surface area contributed by atoms with Crippen molar-refractivity contribution in [2.75, 3.05) is 19.5 Å². The highest BCUT2D eigenvalue weighted by Gasteiger charge is 2.26. The normalized spacial score (nSPS) is 22.6.